The van der Waals surface area contributed by atoms with E-state index in [2.05, 4.69) is 12.2 Å². The van der Waals surface area contributed by atoms with E-state index in [0.29, 0.717) is 16.8 Å². The summed E-state index contributed by atoms with van der Waals surface area (Å²) >= 11 is 1.65. The fourth-order valence-corrected chi connectivity index (χ4v) is 3.75. The molecule has 0 saturated carbocycles. The molecule has 2 rings (SSSR count). The van der Waals surface area contributed by atoms with Gasteiger partial charge in [-0.25, -0.2) is 8.42 Å². The van der Waals surface area contributed by atoms with E-state index in [1.54, 1.807) is 36.9 Å². The van der Waals surface area contributed by atoms with Crippen LogP contribution in [0, 0.1) is 6.92 Å². The van der Waals surface area contributed by atoms with Crippen molar-refractivity contribution in [1.82, 2.24) is 0 Å². The van der Waals surface area contributed by atoms with Crippen LogP contribution in [-0.2, 0) is 10.0 Å². The van der Waals surface area contributed by atoms with Crippen molar-refractivity contribution in [3.8, 4) is 0 Å². The van der Waals surface area contributed by atoms with Gasteiger partial charge in [0.05, 0.1) is 17.6 Å². The number of rotatable bonds is 6. The van der Waals surface area contributed by atoms with Crippen LogP contribution in [0.2, 0.25) is 0 Å². The molecule has 0 aliphatic carbocycles. The molecule has 5 nitrogen and oxygen atoms in total. The van der Waals surface area contributed by atoms with E-state index in [0.717, 1.165) is 22.6 Å². The molecule has 1 N–H and O–H groups in total. The Morgan fingerprint density at radius 2 is 1.84 bits per heavy atom. The largest absolute Gasteiger partial charge is 0.321 e. The number of para-hydroxylation sites is 1. The molecule has 1 amide bonds. The van der Waals surface area contributed by atoms with Crippen LogP contribution in [0.25, 0.3) is 0 Å². The summed E-state index contributed by atoms with van der Waals surface area (Å²) in [7, 11) is -1.92. The van der Waals surface area contributed by atoms with Crippen molar-refractivity contribution in [3.05, 3.63) is 53.6 Å². The van der Waals surface area contributed by atoms with Crippen molar-refractivity contribution in [2.75, 3.05) is 28.7 Å². The van der Waals surface area contributed by atoms with Crippen LogP contribution < -0.4 is 9.62 Å². The van der Waals surface area contributed by atoms with E-state index in [-0.39, 0.29) is 5.91 Å². The first-order valence-electron chi connectivity index (χ1n) is 7.82. The minimum atomic E-state index is -3.40. The Morgan fingerprint density at radius 3 is 2.48 bits per heavy atom. The number of nitrogens with zero attached hydrogens (tertiary/aromatic N) is 1. The molecule has 0 fully saturated rings. The van der Waals surface area contributed by atoms with Gasteiger partial charge in [0.25, 0.3) is 5.91 Å². The van der Waals surface area contributed by atoms with Gasteiger partial charge >= 0.3 is 0 Å². The molecular formula is C18H22N2O3S2. The van der Waals surface area contributed by atoms with E-state index in [1.165, 1.54) is 11.4 Å². The zero-order chi connectivity index (χ0) is 18.6. The maximum Gasteiger partial charge on any atom is 0.256 e. The van der Waals surface area contributed by atoms with Crippen LogP contribution in [0.5, 0.6) is 0 Å². The van der Waals surface area contributed by atoms with Gasteiger partial charge in [0.1, 0.15) is 0 Å². The van der Waals surface area contributed by atoms with Crippen LogP contribution in [0.4, 0.5) is 11.4 Å². The van der Waals surface area contributed by atoms with Gasteiger partial charge in [-0.3, -0.25) is 9.10 Å². The van der Waals surface area contributed by atoms with Crippen LogP contribution in [-0.4, -0.2) is 33.4 Å². The molecule has 0 aliphatic rings. The Morgan fingerprint density at radius 1 is 1.16 bits per heavy atom. The zero-order valence-electron chi connectivity index (χ0n) is 14.7. The summed E-state index contributed by atoms with van der Waals surface area (Å²) in [5.74, 6) is 0.644. The van der Waals surface area contributed by atoms with Crippen molar-refractivity contribution < 1.29 is 13.2 Å². The molecule has 2 aromatic carbocycles. The standard InChI is InChI=1S/C18H22N2O3S2/c1-5-24-17-12-7-6-10-15(17)19-18(21)14-9-8-11-16(13(14)2)20(3)25(4,22)23/h6-12H,5H2,1-4H3,(H,19,21). The molecule has 0 atom stereocenters. The Labute approximate surface area is 153 Å². The molecular weight excluding hydrogens is 356 g/mol. The van der Waals surface area contributed by atoms with Gasteiger partial charge in [0.15, 0.2) is 0 Å². The second-order valence-corrected chi connectivity index (χ2v) is 8.88. The molecule has 25 heavy (non-hydrogen) atoms. The third-order valence-electron chi connectivity index (χ3n) is 3.82. The second-order valence-electron chi connectivity index (χ2n) is 5.56. The number of thioether (sulfide) groups is 1. The summed E-state index contributed by atoms with van der Waals surface area (Å²) in [5, 5.41) is 2.93. The van der Waals surface area contributed by atoms with E-state index in [1.807, 2.05) is 24.3 Å². The average molecular weight is 379 g/mol. The summed E-state index contributed by atoms with van der Waals surface area (Å²) in [6.07, 6.45) is 1.14. The third-order valence-corrected chi connectivity index (χ3v) is 5.97. The van der Waals surface area contributed by atoms with E-state index >= 15 is 0 Å². The molecule has 0 heterocycles. The van der Waals surface area contributed by atoms with Gasteiger partial charge < -0.3 is 5.32 Å². The molecule has 0 aliphatic heterocycles. The van der Waals surface area contributed by atoms with Crippen molar-refractivity contribution in [1.29, 1.82) is 0 Å². The highest BCUT2D eigenvalue weighted by molar-refractivity contribution is 7.99. The van der Waals surface area contributed by atoms with E-state index < -0.39 is 10.0 Å². The van der Waals surface area contributed by atoms with Crippen molar-refractivity contribution in [3.63, 3.8) is 0 Å². The number of hydrogen-bond donors (Lipinski definition) is 1. The second kappa shape index (κ2) is 7.93. The first-order valence-corrected chi connectivity index (χ1v) is 10.7. The Balaban J connectivity index is 2.35. The van der Waals surface area contributed by atoms with Crippen LogP contribution >= 0.6 is 11.8 Å². The summed E-state index contributed by atoms with van der Waals surface area (Å²) in [6.45, 7) is 3.80. The van der Waals surface area contributed by atoms with Gasteiger partial charge in [-0.05, 0) is 42.5 Å². The number of hydrogen-bond acceptors (Lipinski definition) is 4. The number of benzene rings is 2. The highest BCUT2D eigenvalue weighted by atomic mass is 32.2. The smallest absolute Gasteiger partial charge is 0.256 e. The highest BCUT2D eigenvalue weighted by Crippen LogP contribution is 2.28. The maximum absolute atomic E-state index is 12.7. The van der Waals surface area contributed by atoms with Crippen LogP contribution in [0.1, 0.15) is 22.8 Å². The van der Waals surface area contributed by atoms with Gasteiger partial charge in [-0.15, -0.1) is 11.8 Å². The lowest BCUT2D eigenvalue weighted by molar-refractivity contribution is 0.102. The lowest BCUT2D eigenvalue weighted by Gasteiger charge is -2.20. The SMILES string of the molecule is CCSc1ccccc1NC(=O)c1cccc(N(C)S(C)(=O)=O)c1C. The van der Waals surface area contributed by atoms with Crippen molar-refractivity contribution in [2.45, 2.75) is 18.7 Å². The van der Waals surface area contributed by atoms with Gasteiger partial charge in [0, 0.05) is 17.5 Å². The quantitative estimate of drug-likeness (QED) is 0.778. The first-order chi connectivity index (χ1) is 11.8. The summed E-state index contributed by atoms with van der Waals surface area (Å²) in [5.41, 5.74) is 2.31. The predicted molar refractivity (Wildman–Crippen MR) is 105 cm³/mol. The van der Waals surface area contributed by atoms with Crippen molar-refractivity contribution >= 4 is 39.1 Å². The molecule has 0 radical (unpaired) electrons. The minimum absolute atomic E-state index is 0.259. The summed E-state index contributed by atoms with van der Waals surface area (Å²) in [6, 6.07) is 12.7. The monoisotopic (exact) mass is 378 g/mol. The van der Waals surface area contributed by atoms with Gasteiger partial charge in [0.2, 0.25) is 10.0 Å². The predicted octanol–water partition coefficient (Wildman–Crippen LogP) is 3.76. The van der Waals surface area contributed by atoms with E-state index in [9.17, 15) is 13.2 Å². The number of anilines is 2. The zero-order valence-corrected chi connectivity index (χ0v) is 16.4. The number of sulfonamides is 1. The summed E-state index contributed by atoms with van der Waals surface area (Å²) < 4.78 is 24.8. The van der Waals surface area contributed by atoms with Crippen LogP contribution in [0.15, 0.2) is 47.4 Å². The Kier molecular flexibility index (Phi) is 6.13. The number of carbonyl (C=O) groups is 1. The minimum Gasteiger partial charge on any atom is -0.321 e. The molecule has 0 aromatic heterocycles. The molecule has 0 spiro atoms. The Hall–Kier alpha value is -1.99. The van der Waals surface area contributed by atoms with Gasteiger partial charge in [-0.1, -0.05) is 25.1 Å². The topological polar surface area (TPSA) is 66.5 Å². The lowest BCUT2D eigenvalue weighted by Crippen LogP contribution is -2.26. The third kappa shape index (κ3) is 4.55. The fraction of sp³-hybridized carbons (Fsp3) is 0.278. The number of carbonyl (C=O) groups excluding carboxylic acids is 1. The number of nitrogens with one attached hydrogen (secondary N) is 1. The molecule has 0 saturated heterocycles. The number of amides is 1. The molecule has 7 heteroatoms. The molecule has 0 unspecified atom stereocenters. The molecule has 0 bridgehead atoms. The van der Waals surface area contributed by atoms with Crippen molar-refractivity contribution in [2.24, 2.45) is 0 Å². The lowest BCUT2D eigenvalue weighted by atomic mass is 10.1. The van der Waals surface area contributed by atoms with Gasteiger partial charge in [-0.2, -0.15) is 0 Å². The molecule has 2 aromatic rings. The van der Waals surface area contributed by atoms with Crippen LogP contribution in [0.3, 0.4) is 0 Å². The highest BCUT2D eigenvalue weighted by Gasteiger charge is 2.19. The summed E-state index contributed by atoms with van der Waals surface area (Å²) in [4.78, 5) is 13.7. The molecule has 134 valence electrons. The maximum atomic E-state index is 12.7. The first kappa shape index (κ1) is 19.3. The van der Waals surface area contributed by atoms with E-state index in [4.69, 9.17) is 0 Å². The fourth-order valence-electron chi connectivity index (χ4n) is 2.43. The average Bonchev–Trinajstić information content (AvgIpc) is 2.55. The Bertz CT molecular complexity index is 880. The normalized spacial score (nSPS) is 11.2.